The summed E-state index contributed by atoms with van der Waals surface area (Å²) in [6.45, 7) is -0.553. The predicted molar refractivity (Wildman–Crippen MR) is 118 cm³/mol. The van der Waals surface area contributed by atoms with Crippen molar-refractivity contribution < 1.29 is 23.4 Å². The number of hydrogen-bond acceptors (Lipinski definition) is 6. The van der Waals surface area contributed by atoms with Crippen LogP contribution in [0.2, 0.25) is 5.02 Å². The molecule has 0 atom stereocenters. The van der Waals surface area contributed by atoms with E-state index >= 15 is 0 Å². The van der Waals surface area contributed by atoms with E-state index in [-0.39, 0.29) is 21.9 Å². The van der Waals surface area contributed by atoms with Crippen molar-refractivity contribution in [2.75, 3.05) is 10.8 Å². The van der Waals surface area contributed by atoms with Crippen LogP contribution in [0.3, 0.4) is 0 Å². The third kappa shape index (κ3) is 5.33. The van der Waals surface area contributed by atoms with Crippen molar-refractivity contribution >= 4 is 39.4 Å². The van der Waals surface area contributed by atoms with Crippen molar-refractivity contribution in [3.8, 4) is 11.5 Å². The molecule has 0 spiro atoms. The Kier molecular flexibility index (Phi) is 6.78. The van der Waals surface area contributed by atoms with Gasteiger partial charge in [-0.1, -0.05) is 35.9 Å². The molecule has 0 bridgehead atoms. The second-order valence-electron chi connectivity index (χ2n) is 6.31. The van der Waals surface area contributed by atoms with Crippen LogP contribution in [0, 0.1) is 0 Å². The van der Waals surface area contributed by atoms with Crippen LogP contribution < -0.4 is 9.73 Å². The molecule has 0 heterocycles. The predicted octanol–water partition coefficient (Wildman–Crippen LogP) is 3.10. The molecule has 0 radical (unpaired) electrons. The average molecular weight is 460 g/mol. The van der Waals surface area contributed by atoms with Gasteiger partial charge < -0.3 is 10.2 Å². The zero-order valence-corrected chi connectivity index (χ0v) is 17.6. The molecule has 3 aromatic rings. The lowest BCUT2D eigenvalue weighted by molar-refractivity contribution is -0.119. The molecule has 0 aliphatic carbocycles. The summed E-state index contributed by atoms with van der Waals surface area (Å²) in [6.07, 6.45) is 1.13. The largest absolute Gasteiger partial charge is 0.504 e. The minimum Gasteiger partial charge on any atom is -0.504 e. The molecule has 0 unspecified atom stereocenters. The number of benzene rings is 3. The Morgan fingerprint density at radius 2 is 1.68 bits per heavy atom. The van der Waals surface area contributed by atoms with Crippen molar-refractivity contribution in [3.05, 3.63) is 83.4 Å². The van der Waals surface area contributed by atoms with Crippen LogP contribution in [-0.2, 0) is 14.8 Å². The summed E-state index contributed by atoms with van der Waals surface area (Å²) < 4.78 is 27.2. The quantitative estimate of drug-likeness (QED) is 0.285. The molecule has 1 amide bonds. The molecular formula is C21H18ClN3O5S. The minimum absolute atomic E-state index is 0.0194. The number of hydrogen-bond donors (Lipinski definition) is 3. The van der Waals surface area contributed by atoms with Gasteiger partial charge in [-0.2, -0.15) is 5.10 Å². The first-order chi connectivity index (χ1) is 14.8. The zero-order valence-electron chi connectivity index (χ0n) is 16.0. The fourth-order valence-corrected chi connectivity index (χ4v) is 4.20. The zero-order chi connectivity index (χ0) is 22.4. The molecule has 3 rings (SSSR count). The molecule has 31 heavy (non-hydrogen) atoms. The van der Waals surface area contributed by atoms with Gasteiger partial charge in [0.15, 0.2) is 11.5 Å². The summed E-state index contributed by atoms with van der Waals surface area (Å²) in [4.78, 5) is 12.5. The Balaban J connectivity index is 1.83. The lowest BCUT2D eigenvalue weighted by Crippen LogP contribution is -2.39. The lowest BCUT2D eigenvalue weighted by atomic mass is 10.2. The van der Waals surface area contributed by atoms with E-state index < -0.39 is 28.2 Å². The van der Waals surface area contributed by atoms with Gasteiger partial charge >= 0.3 is 0 Å². The van der Waals surface area contributed by atoms with Crippen LogP contribution in [0.4, 0.5) is 5.69 Å². The van der Waals surface area contributed by atoms with Crippen molar-refractivity contribution in [3.63, 3.8) is 0 Å². The third-order valence-corrected chi connectivity index (χ3v) is 6.21. The van der Waals surface area contributed by atoms with Crippen LogP contribution in [0.15, 0.2) is 82.8 Å². The first-order valence-corrected chi connectivity index (χ1v) is 10.8. The Hall–Kier alpha value is -3.56. The van der Waals surface area contributed by atoms with Crippen molar-refractivity contribution in [2.45, 2.75) is 4.90 Å². The number of phenolic OH excluding ortho intramolecular Hbond substituents is 2. The van der Waals surface area contributed by atoms with Gasteiger partial charge in [0, 0.05) is 10.6 Å². The smallest absolute Gasteiger partial charge is 0.264 e. The molecular weight excluding hydrogens is 442 g/mol. The van der Waals surface area contributed by atoms with E-state index in [1.807, 2.05) is 0 Å². The van der Waals surface area contributed by atoms with E-state index in [9.17, 15) is 23.4 Å². The molecule has 0 aromatic heterocycles. The highest BCUT2D eigenvalue weighted by Crippen LogP contribution is 2.27. The number of sulfonamides is 1. The van der Waals surface area contributed by atoms with Gasteiger partial charge in [0.2, 0.25) is 0 Å². The number of phenols is 2. The molecule has 0 saturated heterocycles. The molecule has 3 aromatic carbocycles. The van der Waals surface area contributed by atoms with E-state index in [4.69, 9.17) is 11.6 Å². The third-order valence-electron chi connectivity index (χ3n) is 4.17. The van der Waals surface area contributed by atoms with Crippen LogP contribution in [0.5, 0.6) is 11.5 Å². The van der Waals surface area contributed by atoms with Gasteiger partial charge in [0.05, 0.1) is 16.8 Å². The fraction of sp³-hybridized carbons (Fsp3) is 0.0476. The van der Waals surface area contributed by atoms with E-state index in [1.54, 1.807) is 18.2 Å². The van der Waals surface area contributed by atoms with Crippen LogP contribution >= 0.6 is 11.6 Å². The molecule has 8 nitrogen and oxygen atoms in total. The van der Waals surface area contributed by atoms with Crippen molar-refractivity contribution in [1.29, 1.82) is 0 Å². The molecule has 10 heteroatoms. The number of anilines is 1. The number of carbonyl (C=O) groups is 1. The number of amides is 1. The molecule has 0 aliphatic heterocycles. The maximum atomic E-state index is 13.1. The van der Waals surface area contributed by atoms with Gasteiger partial charge in [-0.05, 0) is 48.5 Å². The number of carbonyl (C=O) groups excluding carboxylic acids is 1. The second kappa shape index (κ2) is 9.50. The van der Waals surface area contributed by atoms with Gasteiger partial charge in [-0.15, -0.1) is 0 Å². The minimum atomic E-state index is -4.05. The first-order valence-electron chi connectivity index (χ1n) is 8.95. The van der Waals surface area contributed by atoms with Gasteiger partial charge in [0.1, 0.15) is 6.54 Å². The average Bonchev–Trinajstić information content (AvgIpc) is 2.76. The maximum absolute atomic E-state index is 13.1. The normalized spacial score (nSPS) is 11.4. The molecule has 3 N–H and O–H groups in total. The van der Waals surface area contributed by atoms with Gasteiger partial charge in [-0.3, -0.25) is 9.10 Å². The summed E-state index contributed by atoms with van der Waals surface area (Å²) in [5, 5.41) is 23.4. The number of aromatic hydroxyl groups is 2. The highest BCUT2D eigenvalue weighted by Gasteiger charge is 2.27. The molecule has 0 fully saturated rings. The summed E-state index contributed by atoms with van der Waals surface area (Å²) in [7, 11) is -4.05. The number of para-hydroxylation sites is 1. The number of halogens is 1. The molecule has 0 aliphatic rings. The van der Waals surface area contributed by atoms with Crippen LogP contribution in [0.25, 0.3) is 0 Å². The van der Waals surface area contributed by atoms with Gasteiger partial charge in [0.25, 0.3) is 15.9 Å². The van der Waals surface area contributed by atoms with E-state index in [1.165, 1.54) is 54.6 Å². The summed E-state index contributed by atoms with van der Waals surface area (Å²) in [5.41, 5.74) is 2.64. The number of nitrogens with zero attached hydrogens (tertiary/aromatic N) is 2. The highest BCUT2D eigenvalue weighted by molar-refractivity contribution is 7.92. The lowest BCUT2D eigenvalue weighted by Gasteiger charge is -2.23. The number of nitrogens with one attached hydrogen (secondary N) is 1. The van der Waals surface area contributed by atoms with Crippen molar-refractivity contribution in [1.82, 2.24) is 5.43 Å². The summed E-state index contributed by atoms with van der Waals surface area (Å²) in [6, 6.07) is 18.0. The van der Waals surface area contributed by atoms with Crippen LogP contribution in [-0.4, -0.2) is 37.3 Å². The fourth-order valence-electron chi connectivity index (χ4n) is 2.63. The summed E-state index contributed by atoms with van der Waals surface area (Å²) in [5.74, 6) is -1.45. The standard InChI is InChI=1S/C21H18ClN3O5S/c22-16-9-11-17(12-10-16)25(31(29,30)18-6-2-1-3-7-18)14-20(27)24-23-13-15-5-4-8-19(26)21(15)28/h1-13,26,28H,14H2,(H,24,27). The Morgan fingerprint density at radius 1 is 1.00 bits per heavy atom. The molecule has 160 valence electrons. The van der Waals surface area contributed by atoms with E-state index in [0.717, 1.165) is 10.5 Å². The Bertz CT molecular complexity index is 1200. The number of rotatable bonds is 7. The Morgan fingerprint density at radius 3 is 2.35 bits per heavy atom. The maximum Gasteiger partial charge on any atom is 0.264 e. The first kappa shape index (κ1) is 22.1. The topological polar surface area (TPSA) is 119 Å². The van der Waals surface area contributed by atoms with Crippen molar-refractivity contribution in [2.24, 2.45) is 5.10 Å². The van der Waals surface area contributed by atoms with Crippen LogP contribution in [0.1, 0.15) is 5.56 Å². The number of hydrazone groups is 1. The monoisotopic (exact) mass is 459 g/mol. The van der Waals surface area contributed by atoms with E-state index in [0.29, 0.717) is 5.02 Å². The van der Waals surface area contributed by atoms with E-state index in [2.05, 4.69) is 10.5 Å². The highest BCUT2D eigenvalue weighted by atomic mass is 35.5. The Labute approximate surface area is 184 Å². The SMILES string of the molecule is O=C(CN(c1ccc(Cl)cc1)S(=O)(=O)c1ccccc1)NN=Cc1cccc(O)c1O. The van der Waals surface area contributed by atoms with Gasteiger partial charge in [-0.25, -0.2) is 13.8 Å². The summed E-state index contributed by atoms with van der Waals surface area (Å²) >= 11 is 5.90. The molecule has 0 saturated carbocycles. The second-order valence-corrected chi connectivity index (χ2v) is 8.61.